The standard InChI is InChI=1S/C19H25N/c1-14(2)16-7-9-17(10-8-16)19(11-12-20)18-6-4-5-15(3)13-18/h4-10,13-14,19H,11-12,20H2,1-3H3. The van der Waals surface area contributed by atoms with Crippen molar-refractivity contribution in [2.75, 3.05) is 6.54 Å². The monoisotopic (exact) mass is 267 g/mol. The van der Waals surface area contributed by atoms with Crippen LogP contribution in [0.3, 0.4) is 0 Å². The summed E-state index contributed by atoms with van der Waals surface area (Å²) in [5.41, 5.74) is 11.3. The van der Waals surface area contributed by atoms with Gasteiger partial charge in [-0.2, -0.15) is 0 Å². The molecule has 1 atom stereocenters. The lowest BCUT2D eigenvalue weighted by Crippen LogP contribution is -2.09. The van der Waals surface area contributed by atoms with Gasteiger partial charge in [0.15, 0.2) is 0 Å². The fourth-order valence-electron chi connectivity index (χ4n) is 2.69. The first-order valence-corrected chi connectivity index (χ1v) is 7.48. The Morgan fingerprint density at radius 1 is 0.900 bits per heavy atom. The summed E-state index contributed by atoms with van der Waals surface area (Å²) < 4.78 is 0. The van der Waals surface area contributed by atoms with Crippen molar-refractivity contribution in [1.29, 1.82) is 0 Å². The SMILES string of the molecule is Cc1cccc(C(CCN)c2ccc(C(C)C)cc2)c1. The molecule has 2 rings (SSSR count). The van der Waals surface area contributed by atoms with Gasteiger partial charge in [-0.05, 0) is 42.5 Å². The summed E-state index contributed by atoms with van der Waals surface area (Å²) in [4.78, 5) is 0. The molecule has 0 aliphatic rings. The normalized spacial score (nSPS) is 12.7. The molecule has 1 heteroatoms. The summed E-state index contributed by atoms with van der Waals surface area (Å²) in [6, 6.07) is 17.8. The van der Waals surface area contributed by atoms with Gasteiger partial charge in [-0.3, -0.25) is 0 Å². The molecule has 0 amide bonds. The van der Waals surface area contributed by atoms with E-state index in [2.05, 4.69) is 69.3 Å². The number of hydrogen-bond acceptors (Lipinski definition) is 1. The molecule has 0 bridgehead atoms. The van der Waals surface area contributed by atoms with Gasteiger partial charge >= 0.3 is 0 Å². The second-order valence-electron chi connectivity index (χ2n) is 5.87. The first kappa shape index (κ1) is 14.8. The molecule has 1 unspecified atom stereocenters. The molecular weight excluding hydrogens is 242 g/mol. The summed E-state index contributed by atoms with van der Waals surface area (Å²) in [6.07, 6.45) is 0.991. The lowest BCUT2D eigenvalue weighted by molar-refractivity contribution is 0.724. The van der Waals surface area contributed by atoms with Gasteiger partial charge < -0.3 is 5.73 Å². The van der Waals surface area contributed by atoms with E-state index in [0.29, 0.717) is 18.4 Å². The lowest BCUT2D eigenvalue weighted by atomic mass is 9.87. The first-order chi connectivity index (χ1) is 9.61. The van der Waals surface area contributed by atoms with E-state index >= 15 is 0 Å². The summed E-state index contributed by atoms with van der Waals surface area (Å²) in [5.74, 6) is 0.983. The molecule has 0 aliphatic heterocycles. The van der Waals surface area contributed by atoms with E-state index in [4.69, 9.17) is 5.73 Å². The highest BCUT2D eigenvalue weighted by Crippen LogP contribution is 2.29. The Morgan fingerprint density at radius 2 is 1.55 bits per heavy atom. The molecular formula is C19H25N. The predicted molar refractivity (Wildman–Crippen MR) is 87.2 cm³/mol. The van der Waals surface area contributed by atoms with E-state index in [1.807, 2.05) is 0 Å². The zero-order valence-electron chi connectivity index (χ0n) is 12.8. The third-order valence-corrected chi connectivity index (χ3v) is 3.91. The zero-order chi connectivity index (χ0) is 14.5. The fraction of sp³-hybridized carbons (Fsp3) is 0.368. The Hall–Kier alpha value is -1.60. The van der Waals surface area contributed by atoms with Crippen LogP contribution in [0.25, 0.3) is 0 Å². The number of hydrogen-bond donors (Lipinski definition) is 1. The molecule has 0 aliphatic carbocycles. The van der Waals surface area contributed by atoms with Crippen LogP contribution in [0.5, 0.6) is 0 Å². The van der Waals surface area contributed by atoms with Crippen molar-refractivity contribution in [3.8, 4) is 0 Å². The molecule has 0 saturated carbocycles. The number of benzene rings is 2. The average Bonchev–Trinajstić information content (AvgIpc) is 2.45. The second-order valence-corrected chi connectivity index (χ2v) is 5.87. The Labute approximate surface area is 122 Å². The van der Waals surface area contributed by atoms with Crippen molar-refractivity contribution >= 4 is 0 Å². The fourth-order valence-corrected chi connectivity index (χ4v) is 2.69. The molecule has 2 aromatic rings. The lowest BCUT2D eigenvalue weighted by Gasteiger charge is -2.18. The van der Waals surface area contributed by atoms with Crippen LogP contribution in [0, 0.1) is 6.92 Å². The molecule has 0 radical (unpaired) electrons. The first-order valence-electron chi connectivity index (χ1n) is 7.48. The van der Waals surface area contributed by atoms with Gasteiger partial charge in [0.1, 0.15) is 0 Å². The molecule has 1 nitrogen and oxygen atoms in total. The Balaban J connectivity index is 2.33. The van der Waals surface area contributed by atoms with Crippen LogP contribution in [0.2, 0.25) is 0 Å². The predicted octanol–water partition coefficient (Wildman–Crippen LogP) is 4.60. The minimum atomic E-state index is 0.404. The second kappa shape index (κ2) is 6.71. The van der Waals surface area contributed by atoms with Crippen molar-refractivity contribution in [1.82, 2.24) is 0 Å². The van der Waals surface area contributed by atoms with Crippen LogP contribution in [0.1, 0.15) is 54.4 Å². The van der Waals surface area contributed by atoms with Crippen LogP contribution in [0.15, 0.2) is 48.5 Å². The van der Waals surface area contributed by atoms with Crippen molar-refractivity contribution in [2.24, 2.45) is 5.73 Å². The number of aryl methyl sites for hydroxylation is 1. The van der Waals surface area contributed by atoms with Crippen molar-refractivity contribution in [3.05, 3.63) is 70.8 Å². The van der Waals surface area contributed by atoms with Gasteiger partial charge in [-0.1, -0.05) is 67.9 Å². The summed E-state index contributed by atoms with van der Waals surface area (Å²) in [7, 11) is 0. The van der Waals surface area contributed by atoms with Crippen LogP contribution >= 0.6 is 0 Å². The molecule has 0 saturated heterocycles. The van der Waals surface area contributed by atoms with Crippen LogP contribution in [-0.4, -0.2) is 6.54 Å². The molecule has 106 valence electrons. The Morgan fingerprint density at radius 3 is 2.10 bits per heavy atom. The summed E-state index contributed by atoms with van der Waals surface area (Å²) in [6.45, 7) is 7.31. The molecule has 0 heterocycles. The van der Waals surface area contributed by atoms with Gasteiger partial charge in [0.25, 0.3) is 0 Å². The highest BCUT2D eigenvalue weighted by molar-refractivity contribution is 5.36. The van der Waals surface area contributed by atoms with E-state index in [1.165, 1.54) is 22.3 Å². The quantitative estimate of drug-likeness (QED) is 0.842. The molecule has 2 N–H and O–H groups in total. The zero-order valence-corrected chi connectivity index (χ0v) is 12.8. The van der Waals surface area contributed by atoms with Gasteiger partial charge in [0, 0.05) is 5.92 Å². The van der Waals surface area contributed by atoms with Gasteiger partial charge in [0.2, 0.25) is 0 Å². The smallest absolute Gasteiger partial charge is 0.0101 e. The van der Waals surface area contributed by atoms with E-state index in [9.17, 15) is 0 Å². The van der Waals surface area contributed by atoms with Crippen LogP contribution in [0.4, 0.5) is 0 Å². The number of rotatable bonds is 5. The molecule has 0 fully saturated rings. The minimum Gasteiger partial charge on any atom is -0.330 e. The Bertz CT molecular complexity index is 540. The molecule has 0 spiro atoms. The van der Waals surface area contributed by atoms with Crippen LogP contribution < -0.4 is 5.73 Å². The van der Waals surface area contributed by atoms with Crippen molar-refractivity contribution < 1.29 is 0 Å². The topological polar surface area (TPSA) is 26.0 Å². The summed E-state index contributed by atoms with van der Waals surface area (Å²) >= 11 is 0. The highest BCUT2D eigenvalue weighted by atomic mass is 14.5. The molecule has 20 heavy (non-hydrogen) atoms. The summed E-state index contributed by atoms with van der Waals surface area (Å²) in [5, 5.41) is 0. The van der Waals surface area contributed by atoms with Gasteiger partial charge in [-0.15, -0.1) is 0 Å². The van der Waals surface area contributed by atoms with Gasteiger partial charge in [-0.25, -0.2) is 0 Å². The maximum atomic E-state index is 5.82. The molecule has 0 aromatic heterocycles. The van der Waals surface area contributed by atoms with Crippen molar-refractivity contribution in [3.63, 3.8) is 0 Å². The minimum absolute atomic E-state index is 0.404. The third-order valence-electron chi connectivity index (χ3n) is 3.91. The van der Waals surface area contributed by atoms with Crippen LogP contribution in [-0.2, 0) is 0 Å². The van der Waals surface area contributed by atoms with E-state index in [-0.39, 0.29) is 0 Å². The largest absolute Gasteiger partial charge is 0.330 e. The Kier molecular flexibility index (Phi) is 4.97. The third kappa shape index (κ3) is 3.49. The van der Waals surface area contributed by atoms with E-state index in [1.54, 1.807) is 0 Å². The van der Waals surface area contributed by atoms with Gasteiger partial charge in [0.05, 0.1) is 0 Å². The molecule has 2 aromatic carbocycles. The highest BCUT2D eigenvalue weighted by Gasteiger charge is 2.13. The van der Waals surface area contributed by atoms with Crippen molar-refractivity contribution in [2.45, 2.75) is 39.0 Å². The maximum Gasteiger partial charge on any atom is 0.0101 e. The van der Waals surface area contributed by atoms with E-state index in [0.717, 1.165) is 6.42 Å². The average molecular weight is 267 g/mol. The maximum absolute atomic E-state index is 5.82. The number of nitrogens with two attached hydrogens (primary N) is 1. The van der Waals surface area contributed by atoms with E-state index < -0.39 is 0 Å².